The molecule has 0 saturated heterocycles. The summed E-state index contributed by atoms with van der Waals surface area (Å²) in [6.45, 7) is 1.97. The first-order valence-electron chi connectivity index (χ1n) is 6.62. The number of aromatic nitrogens is 3. The predicted molar refractivity (Wildman–Crippen MR) is 82.7 cm³/mol. The number of pyridine rings is 1. The van der Waals surface area contributed by atoms with Gasteiger partial charge in [-0.05, 0) is 42.3 Å². The van der Waals surface area contributed by atoms with E-state index in [0.29, 0.717) is 10.8 Å². The standard InChI is InChI=1S/C16H15N3OS/c1-13-3-8-16(17-11-13)21(20)12-14-4-6-15(7-5-14)19-10-2-9-18-19/h2-11H,12H2,1H3/t21-/m1/s1. The van der Waals surface area contributed by atoms with Gasteiger partial charge < -0.3 is 0 Å². The Labute approximate surface area is 125 Å². The molecule has 1 aromatic carbocycles. The van der Waals surface area contributed by atoms with Gasteiger partial charge in [0.2, 0.25) is 0 Å². The number of hydrogen-bond acceptors (Lipinski definition) is 3. The zero-order chi connectivity index (χ0) is 14.7. The summed E-state index contributed by atoms with van der Waals surface area (Å²) in [6, 6.07) is 13.5. The van der Waals surface area contributed by atoms with E-state index >= 15 is 0 Å². The third-order valence-electron chi connectivity index (χ3n) is 3.12. The van der Waals surface area contributed by atoms with E-state index in [4.69, 9.17) is 0 Å². The average Bonchev–Trinajstić information content (AvgIpc) is 3.03. The van der Waals surface area contributed by atoms with Crippen LogP contribution in [0.5, 0.6) is 0 Å². The van der Waals surface area contributed by atoms with Crippen molar-refractivity contribution in [3.05, 3.63) is 72.2 Å². The van der Waals surface area contributed by atoms with Crippen LogP contribution < -0.4 is 0 Å². The summed E-state index contributed by atoms with van der Waals surface area (Å²) in [5, 5.41) is 4.80. The van der Waals surface area contributed by atoms with E-state index in [2.05, 4.69) is 10.1 Å². The van der Waals surface area contributed by atoms with Crippen molar-refractivity contribution in [1.29, 1.82) is 0 Å². The molecule has 0 radical (unpaired) electrons. The minimum Gasteiger partial charge on any atom is -0.252 e. The van der Waals surface area contributed by atoms with Crippen LogP contribution in [0.2, 0.25) is 0 Å². The van der Waals surface area contributed by atoms with Crippen molar-refractivity contribution in [2.45, 2.75) is 17.7 Å². The molecule has 0 bridgehead atoms. The molecule has 0 aliphatic heterocycles. The van der Waals surface area contributed by atoms with Gasteiger partial charge in [-0.15, -0.1) is 0 Å². The van der Waals surface area contributed by atoms with Gasteiger partial charge in [0.05, 0.1) is 22.2 Å². The highest BCUT2D eigenvalue weighted by Gasteiger charge is 2.06. The number of nitrogens with zero attached hydrogens (tertiary/aromatic N) is 3. The van der Waals surface area contributed by atoms with Gasteiger partial charge in [0.25, 0.3) is 0 Å². The van der Waals surface area contributed by atoms with Gasteiger partial charge in [-0.2, -0.15) is 5.10 Å². The average molecular weight is 297 g/mol. The molecule has 0 amide bonds. The van der Waals surface area contributed by atoms with Crippen LogP contribution in [0.4, 0.5) is 0 Å². The molecule has 2 aromatic heterocycles. The van der Waals surface area contributed by atoms with E-state index in [-0.39, 0.29) is 0 Å². The number of hydrogen-bond donors (Lipinski definition) is 0. The highest BCUT2D eigenvalue weighted by Crippen LogP contribution is 2.13. The van der Waals surface area contributed by atoms with Gasteiger partial charge in [0.1, 0.15) is 5.03 Å². The summed E-state index contributed by atoms with van der Waals surface area (Å²) in [6.07, 6.45) is 5.38. The molecule has 4 nitrogen and oxygen atoms in total. The maximum Gasteiger partial charge on any atom is 0.127 e. The van der Waals surface area contributed by atoms with Crippen LogP contribution in [0, 0.1) is 6.92 Å². The van der Waals surface area contributed by atoms with Crippen LogP contribution in [0.1, 0.15) is 11.1 Å². The molecular weight excluding hydrogens is 282 g/mol. The number of aryl methyl sites for hydroxylation is 1. The Morgan fingerprint density at radius 1 is 1.14 bits per heavy atom. The third-order valence-corrected chi connectivity index (χ3v) is 4.42. The van der Waals surface area contributed by atoms with Crippen molar-refractivity contribution < 1.29 is 4.21 Å². The van der Waals surface area contributed by atoms with Crippen LogP contribution in [0.25, 0.3) is 5.69 Å². The Hall–Kier alpha value is -2.27. The highest BCUT2D eigenvalue weighted by molar-refractivity contribution is 7.84. The second kappa shape index (κ2) is 6.01. The fraction of sp³-hybridized carbons (Fsp3) is 0.125. The van der Waals surface area contributed by atoms with Crippen molar-refractivity contribution in [3.8, 4) is 5.69 Å². The highest BCUT2D eigenvalue weighted by atomic mass is 32.2. The molecule has 0 aliphatic carbocycles. The van der Waals surface area contributed by atoms with Gasteiger partial charge in [-0.1, -0.05) is 18.2 Å². The molecule has 3 aromatic rings. The molecule has 0 unspecified atom stereocenters. The molecule has 0 N–H and O–H groups in total. The normalized spacial score (nSPS) is 12.2. The minimum atomic E-state index is -1.12. The molecule has 0 aliphatic rings. The van der Waals surface area contributed by atoms with Crippen LogP contribution in [0.3, 0.4) is 0 Å². The molecule has 21 heavy (non-hydrogen) atoms. The molecule has 106 valence electrons. The number of rotatable bonds is 4. The molecule has 1 atom stereocenters. The summed E-state index contributed by atoms with van der Waals surface area (Å²) in [4.78, 5) is 4.22. The van der Waals surface area contributed by atoms with E-state index in [1.54, 1.807) is 17.1 Å². The molecule has 3 rings (SSSR count). The fourth-order valence-corrected chi connectivity index (χ4v) is 3.01. The lowest BCUT2D eigenvalue weighted by Crippen LogP contribution is -2.00. The third kappa shape index (κ3) is 3.25. The Morgan fingerprint density at radius 2 is 1.95 bits per heavy atom. The molecule has 0 saturated carbocycles. The Bertz CT molecular complexity index is 734. The van der Waals surface area contributed by atoms with Crippen molar-refractivity contribution in [1.82, 2.24) is 14.8 Å². The van der Waals surface area contributed by atoms with E-state index < -0.39 is 10.8 Å². The van der Waals surface area contributed by atoms with Crippen LogP contribution >= 0.6 is 0 Å². The predicted octanol–water partition coefficient (Wildman–Crippen LogP) is 2.88. The quantitative estimate of drug-likeness (QED) is 0.744. The Kier molecular flexibility index (Phi) is 3.92. The maximum absolute atomic E-state index is 12.3. The van der Waals surface area contributed by atoms with Crippen LogP contribution in [0.15, 0.2) is 66.1 Å². The summed E-state index contributed by atoms with van der Waals surface area (Å²) < 4.78 is 14.1. The fourth-order valence-electron chi connectivity index (χ4n) is 1.98. The first-order chi connectivity index (χ1) is 10.2. The lowest BCUT2D eigenvalue weighted by molar-refractivity contribution is 0.679. The lowest BCUT2D eigenvalue weighted by atomic mass is 10.2. The van der Waals surface area contributed by atoms with Gasteiger partial charge in [-0.25, -0.2) is 9.67 Å². The molecule has 5 heteroatoms. The van der Waals surface area contributed by atoms with Crippen molar-refractivity contribution in [3.63, 3.8) is 0 Å². The van der Waals surface area contributed by atoms with Crippen LogP contribution in [-0.2, 0) is 16.6 Å². The van der Waals surface area contributed by atoms with Gasteiger partial charge in [0, 0.05) is 18.6 Å². The maximum atomic E-state index is 12.3. The van der Waals surface area contributed by atoms with Gasteiger partial charge >= 0.3 is 0 Å². The Balaban J connectivity index is 1.73. The number of benzene rings is 1. The summed E-state index contributed by atoms with van der Waals surface area (Å²) in [7, 11) is -1.12. The first-order valence-corrected chi connectivity index (χ1v) is 7.94. The SMILES string of the molecule is Cc1ccc([S@](=O)Cc2ccc(-n3cccn3)cc2)nc1. The van der Waals surface area contributed by atoms with Gasteiger partial charge in [0.15, 0.2) is 0 Å². The summed E-state index contributed by atoms with van der Waals surface area (Å²) in [5.41, 5.74) is 3.08. The second-order valence-electron chi connectivity index (χ2n) is 4.78. The van der Waals surface area contributed by atoms with E-state index in [1.165, 1.54) is 0 Å². The van der Waals surface area contributed by atoms with Crippen molar-refractivity contribution >= 4 is 10.8 Å². The molecule has 0 spiro atoms. The zero-order valence-electron chi connectivity index (χ0n) is 11.6. The Morgan fingerprint density at radius 3 is 2.57 bits per heavy atom. The summed E-state index contributed by atoms with van der Waals surface area (Å²) in [5.74, 6) is 0.468. The smallest absolute Gasteiger partial charge is 0.127 e. The topological polar surface area (TPSA) is 47.8 Å². The van der Waals surface area contributed by atoms with Crippen LogP contribution in [-0.4, -0.2) is 19.0 Å². The second-order valence-corrected chi connectivity index (χ2v) is 6.18. The van der Waals surface area contributed by atoms with E-state index in [9.17, 15) is 4.21 Å². The lowest BCUT2D eigenvalue weighted by Gasteiger charge is -2.05. The van der Waals surface area contributed by atoms with E-state index in [1.807, 2.05) is 55.6 Å². The van der Waals surface area contributed by atoms with Gasteiger partial charge in [-0.3, -0.25) is 4.21 Å². The molecular formula is C16H15N3OS. The zero-order valence-corrected chi connectivity index (χ0v) is 12.5. The minimum absolute atomic E-state index is 0.468. The largest absolute Gasteiger partial charge is 0.252 e. The molecule has 2 heterocycles. The van der Waals surface area contributed by atoms with E-state index in [0.717, 1.165) is 16.8 Å². The monoisotopic (exact) mass is 297 g/mol. The summed E-state index contributed by atoms with van der Waals surface area (Å²) >= 11 is 0. The first kappa shape index (κ1) is 13.7. The van der Waals surface area contributed by atoms with Crippen molar-refractivity contribution in [2.24, 2.45) is 0 Å². The molecule has 0 fully saturated rings. The van der Waals surface area contributed by atoms with Crippen molar-refractivity contribution in [2.75, 3.05) is 0 Å².